The van der Waals surface area contributed by atoms with E-state index in [1.165, 1.54) is 10.7 Å². The molecular formula is C10H8FIN2O. The molecular weight excluding hydrogens is 310 g/mol. The second kappa shape index (κ2) is 4.28. The number of aliphatic hydroxyl groups is 1. The van der Waals surface area contributed by atoms with Crippen LogP contribution in [0.25, 0.3) is 5.69 Å². The average Bonchev–Trinajstić information content (AvgIpc) is 2.64. The molecule has 78 valence electrons. The zero-order valence-corrected chi connectivity index (χ0v) is 9.85. The van der Waals surface area contributed by atoms with E-state index in [0.29, 0.717) is 11.3 Å². The van der Waals surface area contributed by atoms with Gasteiger partial charge in [-0.15, -0.1) is 0 Å². The van der Waals surface area contributed by atoms with E-state index >= 15 is 0 Å². The maximum absolute atomic E-state index is 13.6. The molecule has 0 saturated heterocycles. The van der Waals surface area contributed by atoms with Crippen LogP contribution in [0, 0.1) is 9.39 Å². The number of hydrogen-bond acceptors (Lipinski definition) is 2. The van der Waals surface area contributed by atoms with E-state index in [1.54, 1.807) is 24.5 Å². The Bertz CT molecular complexity index is 484. The molecule has 0 unspecified atom stereocenters. The first-order chi connectivity index (χ1) is 7.20. The predicted molar refractivity (Wildman–Crippen MR) is 62.2 cm³/mol. The molecule has 3 nitrogen and oxygen atoms in total. The molecule has 0 spiro atoms. The minimum absolute atomic E-state index is 0.159. The standard InChI is InChI=1S/C10H8FIN2O/c11-9-3-7(6-15)1-2-10(9)14-5-8(12)4-13-14/h1-5,15H,6H2. The second-order valence-electron chi connectivity index (χ2n) is 3.05. The summed E-state index contributed by atoms with van der Waals surface area (Å²) < 4.78 is 16.0. The molecule has 0 aliphatic carbocycles. The maximum Gasteiger partial charge on any atom is 0.149 e. The molecule has 0 atom stereocenters. The highest BCUT2D eigenvalue weighted by Gasteiger charge is 2.06. The molecule has 1 heterocycles. The molecule has 0 bridgehead atoms. The van der Waals surface area contributed by atoms with E-state index in [-0.39, 0.29) is 12.4 Å². The Labute approximate surface area is 99.7 Å². The van der Waals surface area contributed by atoms with Gasteiger partial charge in [0.15, 0.2) is 0 Å². The molecule has 0 fully saturated rings. The van der Waals surface area contributed by atoms with Crippen LogP contribution in [-0.4, -0.2) is 14.9 Å². The summed E-state index contributed by atoms with van der Waals surface area (Å²) in [6, 6.07) is 4.58. The van der Waals surface area contributed by atoms with Crippen LogP contribution in [0.1, 0.15) is 5.56 Å². The smallest absolute Gasteiger partial charge is 0.149 e. The van der Waals surface area contributed by atoms with Gasteiger partial charge in [-0.05, 0) is 40.3 Å². The quantitative estimate of drug-likeness (QED) is 0.861. The van der Waals surface area contributed by atoms with Crippen LogP contribution in [0.5, 0.6) is 0 Å². The molecule has 1 aromatic carbocycles. The second-order valence-corrected chi connectivity index (χ2v) is 4.29. The SMILES string of the molecule is OCc1ccc(-n2cc(I)cn2)c(F)c1. The van der Waals surface area contributed by atoms with Crippen molar-refractivity contribution in [3.8, 4) is 5.69 Å². The molecule has 1 aromatic heterocycles. The largest absolute Gasteiger partial charge is 0.392 e. The fraction of sp³-hybridized carbons (Fsp3) is 0.100. The average molecular weight is 318 g/mol. The fourth-order valence-corrected chi connectivity index (χ4v) is 1.66. The van der Waals surface area contributed by atoms with Gasteiger partial charge in [0.1, 0.15) is 11.5 Å². The Balaban J connectivity index is 2.45. The van der Waals surface area contributed by atoms with Crippen molar-refractivity contribution in [1.82, 2.24) is 9.78 Å². The molecule has 2 rings (SSSR count). The molecule has 15 heavy (non-hydrogen) atoms. The minimum Gasteiger partial charge on any atom is -0.392 e. The van der Waals surface area contributed by atoms with E-state index in [9.17, 15) is 4.39 Å². The third kappa shape index (κ3) is 2.18. The lowest BCUT2D eigenvalue weighted by atomic mass is 10.2. The number of benzene rings is 1. The van der Waals surface area contributed by atoms with Crippen molar-refractivity contribution < 1.29 is 9.50 Å². The lowest BCUT2D eigenvalue weighted by Crippen LogP contribution is -1.99. The highest BCUT2D eigenvalue weighted by atomic mass is 127. The van der Waals surface area contributed by atoms with Crippen LogP contribution in [0.4, 0.5) is 4.39 Å². The normalized spacial score (nSPS) is 10.6. The van der Waals surface area contributed by atoms with Gasteiger partial charge in [0, 0.05) is 6.20 Å². The third-order valence-corrected chi connectivity index (χ3v) is 2.55. The zero-order chi connectivity index (χ0) is 10.8. The highest BCUT2D eigenvalue weighted by Crippen LogP contribution is 2.15. The van der Waals surface area contributed by atoms with E-state index in [2.05, 4.69) is 27.7 Å². The lowest BCUT2D eigenvalue weighted by Gasteiger charge is -2.04. The van der Waals surface area contributed by atoms with Crippen molar-refractivity contribution in [1.29, 1.82) is 0 Å². The molecule has 0 aliphatic heterocycles. The van der Waals surface area contributed by atoms with E-state index < -0.39 is 0 Å². The predicted octanol–water partition coefficient (Wildman–Crippen LogP) is 2.11. The van der Waals surface area contributed by atoms with Crippen LogP contribution in [0.2, 0.25) is 0 Å². The molecule has 0 saturated carbocycles. The van der Waals surface area contributed by atoms with Gasteiger partial charge in [-0.2, -0.15) is 5.10 Å². The van der Waals surface area contributed by atoms with Crippen molar-refractivity contribution in [2.24, 2.45) is 0 Å². The monoisotopic (exact) mass is 318 g/mol. The minimum atomic E-state index is -0.388. The summed E-state index contributed by atoms with van der Waals surface area (Å²) in [6.07, 6.45) is 3.39. The first-order valence-electron chi connectivity index (χ1n) is 4.30. The van der Waals surface area contributed by atoms with E-state index in [0.717, 1.165) is 3.57 Å². The summed E-state index contributed by atoms with van der Waals surface area (Å²) in [7, 11) is 0. The molecule has 2 aromatic rings. The van der Waals surface area contributed by atoms with Gasteiger partial charge in [-0.1, -0.05) is 6.07 Å². The topological polar surface area (TPSA) is 38.0 Å². The van der Waals surface area contributed by atoms with E-state index in [4.69, 9.17) is 5.11 Å². The fourth-order valence-electron chi connectivity index (χ4n) is 1.27. The number of aliphatic hydroxyl groups excluding tert-OH is 1. The Kier molecular flexibility index (Phi) is 3.01. The van der Waals surface area contributed by atoms with Crippen LogP contribution in [-0.2, 0) is 6.61 Å². The summed E-state index contributed by atoms with van der Waals surface area (Å²) in [6.45, 7) is -0.159. The first kappa shape index (κ1) is 10.6. The van der Waals surface area contributed by atoms with Gasteiger partial charge >= 0.3 is 0 Å². The van der Waals surface area contributed by atoms with Gasteiger partial charge in [-0.3, -0.25) is 0 Å². The summed E-state index contributed by atoms with van der Waals surface area (Å²) in [5.41, 5.74) is 0.938. The van der Waals surface area contributed by atoms with Crippen LogP contribution < -0.4 is 0 Å². The molecule has 0 aliphatic rings. The van der Waals surface area contributed by atoms with Crippen LogP contribution in [0.15, 0.2) is 30.6 Å². The van der Waals surface area contributed by atoms with Crippen molar-refractivity contribution in [2.75, 3.05) is 0 Å². The van der Waals surface area contributed by atoms with Gasteiger partial charge in [0.2, 0.25) is 0 Å². The summed E-state index contributed by atoms with van der Waals surface area (Å²) in [5.74, 6) is -0.388. The van der Waals surface area contributed by atoms with Crippen molar-refractivity contribution in [3.05, 3.63) is 45.5 Å². The Morgan fingerprint density at radius 1 is 1.47 bits per heavy atom. The Hall–Kier alpha value is -0.950. The first-order valence-corrected chi connectivity index (χ1v) is 5.38. The van der Waals surface area contributed by atoms with Crippen molar-refractivity contribution in [2.45, 2.75) is 6.61 Å². The van der Waals surface area contributed by atoms with Crippen molar-refractivity contribution in [3.63, 3.8) is 0 Å². The van der Waals surface area contributed by atoms with Gasteiger partial charge < -0.3 is 5.11 Å². The number of nitrogens with zero attached hydrogens (tertiary/aromatic N) is 2. The number of rotatable bonds is 2. The maximum atomic E-state index is 13.6. The number of hydrogen-bond donors (Lipinski definition) is 1. The van der Waals surface area contributed by atoms with Gasteiger partial charge in [0.05, 0.1) is 16.4 Å². The van der Waals surface area contributed by atoms with Crippen LogP contribution in [0.3, 0.4) is 0 Å². The van der Waals surface area contributed by atoms with Crippen molar-refractivity contribution >= 4 is 22.6 Å². The Morgan fingerprint density at radius 3 is 2.80 bits per heavy atom. The zero-order valence-electron chi connectivity index (χ0n) is 7.69. The third-order valence-electron chi connectivity index (χ3n) is 1.99. The molecule has 1 N–H and O–H groups in total. The number of aromatic nitrogens is 2. The van der Waals surface area contributed by atoms with Gasteiger partial charge in [0.25, 0.3) is 0 Å². The summed E-state index contributed by atoms with van der Waals surface area (Å²) in [4.78, 5) is 0. The Morgan fingerprint density at radius 2 is 2.27 bits per heavy atom. The summed E-state index contributed by atoms with van der Waals surface area (Å²) in [5, 5.41) is 12.8. The van der Waals surface area contributed by atoms with Crippen LogP contribution >= 0.6 is 22.6 Å². The van der Waals surface area contributed by atoms with Gasteiger partial charge in [-0.25, -0.2) is 9.07 Å². The number of halogens is 2. The molecule has 0 amide bonds. The molecule has 5 heteroatoms. The molecule has 0 radical (unpaired) electrons. The van der Waals surface area contributed by atoms with E-state index in [1.807, 2.05) is 0 Å². The summed E-state index contributed by atoms with van der Waals surface area (Å²) >= 11 is 2.11. The highest BCUT2D eigenvalue weighted by molar-refractivity contribution is 14.1. The lowest BCUT2D eigenvalue weighted by molar-refractivity contribution is 0.281.